The molecule has 0 spiro atoms. The first-order valence-electron chi connectivity index (χ1n) is 11.1. The Kier molecular flexibility index (Phi) is 5.90. The van der Waals surface area contributed by atoms with Crippen molar-refractivity contribution in [2.45, 2.75) is 24.9 Å². The van der Waals surface area contributed by atoms with E-state index in [2.05, 4.69) is 39.9 Å². The van der Waals surface area contributed by atoms with Gasteiger partial charge in [-0.05, 0) is 35.8 Å². The molecule has 0 saturated carbocycles. The Morgan fingerprint density at radius 2 is 1.94 bits per heavy atom. The highest BCUT2D eigenvalue weighted by atomic mass is 19.1. The van der Waals surface area contributed by atoms with Crippen LogP contribution in [0.15, 0.2) is 88.4 Å². The van der Waals surface area contributed by atoms with Crippen LogP contribution in [0, 0.1) is 11.7 Å². The van der Waals surface area contributed by atoms with Crippen molar-refractivity contribution < 1.29 is 9.50 Å². The van der Waals surface area contributed by atoms with Gasteiger partial charge in [0.2, 0.25) is 0 Å². The summed E-state index contributed by atoms with van der Waals surface area (Å²) in [5.74, 6) is 0.530. The second-order valence-electron chi connectivity index (χ2n) is 8.32. The molecule has 0 aromatic heterocycles. The number of anilines is 1. The smallest absolute Gasteiger partial charge is 0.131 e. The van der Waals surface area contributed by atoms with Gasteiger partial charge in [-0.2, -0.15) is 0 Å². The number of benzene rings is 2. The minimum Gasteiger partial charge on any atom is -0.374 e. The highest BCUT2D eigenvalue weighted by molar-refractivity contribution is 6.15. The van der Waals surface area contributed by atoms with Crippen LogP contribution in [-0.4, -0.2) is 35.9 Å². The summed E-state index contributed by atoms with van der Waals surface area (Å²) in [6, 6.07) is 13.8. The zero-order valence-corrected chi connectivity index (χ0v) is 18.0. The lowest BCUT2D eigenvalue weighted by molar-refractivity contribution is 0.187. The first kappa shape index (κ1) is 21.3. The molecular formula is C26H26FN5O. The molecule has 168 valence electrons. The van der Waals surface area contributed by atoms with Crippen LogP contribution in [0.4, 0.5) is 10.1 Å². The maximum atomic E-state index is 13.4. The third-order valence-electron chi connectivity index (χ3n) is 6.09. The predicted octanol–water partition coefficient (Wildman–Crippen LogP) is 3.55. The van der Waals surface area contributed by atoms with Gasteiger partial charge in [-0.15, -0.1) is 0 Å². The number of halogens is 1. The van der Waals surface area contributed by atoms with Crippen molar-refractivity contribution in [3.8, 4) is 0 Å². The number of nitrogens with zero attached hydrogens (tertiary/aromatic N) is 2. The summed E-state index contributed by atoms with van der Waals surface area (Å²) >= 11 is 0. The van der Waals surface area contributed by atoms with E-state index in [1.165, 1.54) is 12.1 Å². The SMILES string of the molecule is NC(O)c1ccccc1NC1NC(C2=CCCN=C2)=NC2C=C(c3ccc(F)cc3)C=CC21. The Balaban J connectivity index is 1.50. The number of hydrogen-bond acceptors (Lipinski definition) is 6. The van der Waals surface area contributed by atoms with Crippen LogP contribution in [0.1, 0.15) is 23.8 Å². The number of para-hydroxylation sites is 1. The number of allylic oxidation sites excluding steroid dienone is 2. The molecule has 1 aliphatic carbocycles. The minimum absolute atomic E-state index is 0.0158. The summed E-state index contributed by atoms with van der Waals surface area (Å²) < 4.78 is 13.4. The van der Waals surface area contributed by atoms with Gasteiger partial charge in [-0.25, -0.2) is 4.39 Å². The average Bonchev–Trinajstić information content (AvgIpc) is 2.85. The number of dihydropyridines is 1. The van der Waals surface area contributed by atoms with Crippen LogP contribution < -0.4 is 16.4 Å². The van der Waals surface area contributed by atoms with Crippen molar-refractivity contribution in [3.63, 3.8) is 0 Å². The Morgan fingerprint density at radius 3 is 2.70 bits per heavy atom. The van der Waals surface area contributed by atoms with E-state index in [4.69, 9.17) is 10.7 Å². The molecule has 5 rings (SSSR count). The zero-order valence-electron chi connectivity index (χ0n) is 18.0. The summed E-state index contributed by atoms with van der Waals surface area (Å²) in [7, 11) is 0. The van der Waals surface area contributed by atoms with Gasteiger partial charge in [-0.1, -0.05) is 54.6 Å². The van der Waals surface area contributed by atoms with E-state index in [-0.39, 0.29) is 23.9 Å². The summed E-state index contributed by atoms with van der Waals surface area (Å²) in [6.45, 7) is 0.781. The van der Waals surface area contributed by atoms with Gasteiger partial charge in [0.25, 0.3) is 0 Å². The fourth-order valence-corrected chi connectivity index (χ4v) is 4.39. The molecule has 7 heteroatoms. The highest BCUT2D eigenvalue weighted by Gasteiger charge is 2.35. The molecular weight excluding hydrogens is 417 g/mol. The average molecular weight is 444 g/mol. The molecule has 2 aliphatic heterocycles. The highest BCUT2D eigenvalue weighted by Crippen LogP contribution is 2.32. The molecule has 0 saturated heterocycles. The van der Waals surface area contributed by atoms with Gasteiger partial charge in [-0.3, -0.25) is 9.98 Å². The summed E-state index contributed by atoms with van der Waals surface area (Å²) in [6.07, 6.45) is 9.89. The second kappa shape index (κ2) is 9.13. The summed E-state index contributed by atoms with van der Waals surface area (Å²) in [4.78, 5) is 9.41. The number of fused-ring (bicyclic) bond motifs is 1. The Hall–Kier alpha value is -3.55. The van der Waals surface area contributed by atoms with Gasteiger partial charge in [0.15, 0.2) is 0 Å². The van der Waals surface area contributed by atoms with Gasteiger partial charge >= 0.3 is 0 Å². The second-order valence-corrected chi connectivity index (χ2v) is 8.32. The van der Waals surface area contributed by atoms with E-state index in [0.717, 1.165) is 41.2 Å². The molecule has 33 heavy (non-hydrogen) atoms. The standard InChI is InChI=1S/C26H26FN5O/c27-19-10-7-16(8-11-19)17-9-12-21-23(14-17)31-25(18-4-3-13-29-15-18)32-26(21)30-22-6-2-1-5-20(22)24(28)33/h1-2,4-12,14-15,21,23-24,26,30,33H,3,13,28H2,(H,31,32). The fourth-order valence-electron chi connectivity index (χ4n) is 4.39. The molecule has 5 N–H and O–H groups in total. The largest absolute Gasteiger partial charge is 0.374 e. The Morgan fingerprint density at radius 1 is 1.12 bits per heavy atom. The van der Waals surface area contributed by atoms with E-state index in [1.807, 2.05) is 30.5 Å². The van der Waals surface area contributed by atoms with Crippen molar-refractivity contribution in [1.82, 2.24) is 5.32 Å². The number of aliphatic hydroxyl groups excluding tert-OH is 1. The molecule has 6 nitrogen and oxygen atoms in total. The van der Waals surface area contributed by atoms with Crippen LogP contribution >= 0.6 is 0 Å². The molecule has 4 unspecified atom stereocenters. The molecule has 3 aliphatic rings. The van der Waals surface area contributed by atoms with Gasteiger partial charge in [0, 0.05) is 35.5 Å². The van der Waals surface area contributed by atoms with E-state index >= 15 is 0 Å². The van der Waals surface area contributed by atoms with Crippen molar-refractivity contribution in [2.75, 3.05) is 11.9 Å². The lowest BCUT2D eigenvalue weighted by Gasteiger charge is -2.38. The predicted molar refractivity (Wildman–Crippen MR) is 130 cm³/mol. The van der Waals surface area contributed by atoms with Crippen molar-refractivity contribution in [2.24, 2.45) is 21.6 Å². The molecule has 4 atom stereocenters. The molecule has 0 radical (unpaired) electrons. The topological polar surface area (TPSA) is 95.0 Å². The molecule has 0 bridgehead atoms. The van der Waals surface area contributed by atoms with Gasteiger partial charge < -0.3 is 21.5 Å². The Labute approximate surface area is 192 Å². The number of hydrogen-bond donors (Lipinski definition) is 4. The lowest BCUT2D eigenvalue weighted by Crippen LogP contribution is -2.53. The van der Waals surface area contributed by atoms with Crippen LogP contribution in [0.5, 0.6) is 0 Å². The number of aliphatic imine (C=N–C) groups is 2. The first-order chi connectivity index (χ1) is 16.1. The summed E-state index contributed by atoms with van der Waals surface area (Å²) in [5, 5.41) is 17.1. The van der Waals surface area contributed by atoms with Gasteiger partial charge in [0.05, 0.1) is 6.04 Å². The zero-order chi connectivity index (χ0) is 22.8. The van der Waals surface area contributed by atoms with Crippen LogP contribution in [0.2, 0.25) is 0 Å². The molecule has 0 fully saturated rings. The maximum Gasteiger partial charge on any atom is 0.131 e. The molecule has 2 aromatic rings. The normalized spacial score (nSPS) is 24.7. The molecule has 2 heterocycles. The monoisotopic (exact) mass is 443 g/mol. The van der Waals surface area contributed by atoms with Crippen molar-refractivity contribution in [3.05, 3.63) is 95.4 Å². The van der Waals surface area contributed by atoms with Crippen LogP contribution in [0.3, 0.4) is 0 Å². The van der Waals surface area contributed by atoms with Crippen molar-refractivity contribution >= 4 is 23.3 Å². The van der Waals surface area contributed by atoms with Crippen molar-refractivity contribution in [1.29, 1.82) is 0 Å². The van der Waals surface area contributed by atoms with Crippen LogP contribution in [-0.2, 0) is 0 Å². The third-order valence-corrected chi connectivity index (χ3v) is 6.09. The van der Waals surface area contributed by atoms with E-state index < -0.39 is 6.23 Å². The fraction of sp³-hybridized carbons (Fsp3) is 0.231. The van der Waals surface area contributed by atoms with Gasteiger partial charge in [0.1, 0.15) is 24.0 Å². The number of aliphatic hydroxyl groups is 1. The molecule has 0 amide bonds. The number of nitrogens with two attached hydrogens (primary N) is 1. The Bertz CT molecular complexity index is 1180. The number of nitrogens with one attached hydrogen (secondary N) is 2. The molecule has 2 aromatic carbocycles. The third kappa shape index (κ3) is 4.51. The lowest BCUT2D eigenvalue weighted by atomic mass is 9.85. The van der Waals surface area contributed by atoms with E-state index in [0.29, 0.717) is 5.56 Å². The van der Waals surface area contributed by atoms with E-state index in [1.54, 1.807) is 12.1 Å². The number of amidine groups is 1. The van der Waals surface area contributed by atoms with Crippen LogP contribution in [0.25, 0.3) is 5.57 Å². The quantitative estimate of drug-likeness (QED) is 0.532. The first-order valence-corrected chi connectivity index (χ1v) is 11.1. The number of rotatable bonds is 5. The van der Waals surface area contributed by atoms with E-state index in [9.17, 15) is 9.50 Å². The maximum absolute atomic E-state index is 13.4. The summed E-state index contributed by atoms with van der Waals surface area (Å²) in [5.41, 5.74) is 10.1. The minimum atomic E-state index is -1.08.